The molecule has 3 rings (SSSR count). The summed E-state index contributed by atoms with van der Waals surface area (Å²) in [5.74, 6) is 0.341. The van der Waals surface area contributed by atoms with Gasteiger partial charge in [0.15, 0.2) is 0 Å². The maximum absolute atomic E-state index is 14.0. The Morgan fingerprint density at radius 3 is 2.69 bits per heavy atom. The summed E-state index contributed by atoms with van der Waals surface area (Å²) >= 11 is 5.97. The Kier molecular flexibility index (Phi) is 5.94. The molecule has 2 atom stereocenters. The number of benzene rings is 2. The molecule has 1 amide bonds. The molecule has 2 aromatic carbocycles. The molecule has 2 N–H and O–H groups in total. The van der Waals surface area contributed by atoms with Gasteiger partial charge in [-0.05, 0) is 54.5 Å². The third-order valence-electron chi connectivity index (χ3n) is 5.06. The van der Waals surface area contributed by atoms with Crippen molar-refractivity contribution in [1.82, 2.24) is 4.90 Å². The largest absolute Gasteiger partial charge is 0.343 e. The van der Waals surface area contributed by atoms with E-state index in [1.54, 1.807) is 19.1 Å². The van der Waals surface area contributed by atoms with Crippen molar-refractivity contribution < 1.29 is 9.18 Å². The average molecular weight is 375 g/mol. The van der Waals surface area contributed by atoms with Gasteiger partial charge in [-0.25, -0.2) is 4.39 Å². The van der Waals surface area contributed by atoms with Crippen LogP contribution in [0, 0.1) is 11.7 Å². The molecule has 1 unspecified atom stereocenters. The quantitative estimate of drug-likeness (QED) is 0.849. The zero-order valence-electron chi connectivity index (χ0n) is 14.9. The molecule has 0 radical (unpaired) electrons. The molecule has 0 saturated carbocycles. The maximum atomic E-state index is 14.0. The molecular weight excluding hydrogens is 351 g/mol. The molecule has 2 aromatic rings. The normalized spacial score (nSPS) is 18.2. The Morgan fingerprint density at radius 2 is 2.04 bits per heavy atom. The van der Waals surface area contributed by atoms with Crippen LogP contribution in [-0.4, -0.2) is 29.9 Å². The summed E-state index contributed by atoms with van der Waals surface area (Å²) in [6, 6.07) is 12.4. The third kappa shape index (κ3) is 4.63. The van der Waals surface area contributed by atoms with Gasteiger partial charge in [0.2, 0.25) is 5.91 Å². The van der Waals surface area contributed by atoms with Crippen LogP contribution in [-0.2, 0) is 11.2 Å². The maximum Gasteiger partial charge on any atom is 0.219 e. The van der Waals surface area contributed by atoms with Crippen LogP contribution in [0.5, 0.6) is 0 Å². The number of carbonyl (C=O) groups excluding carboxylic acids is 1. The highest BCUT2D eigenvalue weighted by molar-refractivity contribution is 6.30. The van der Waals surface area contributed by atoms with E-state index in [0.29, 0.717) is 16.5 Å². The zero-order valence-corrected chi connectivity index (χ0v) is 15.7. The molecule has 0 spiro atoms. The van der Waals surface area contributed by atoms with Gasteiger partial charge in [-0.1, -0.05) is 35.9 Å². The van der Waals surface area contributed by atoms with Crippen LogP contribution in [0.2, 0.25) is 5.02 Å². The molecule has 0 bridgehead atoms. The van der Waals surface area contributed by atoms with Crippen LogP contribution in [0.4, 0.5) is 4.39 Å². The summed E-state index contributed by atoms with van der Waals surface area (Å²) < 4.78 is 14.0. The van der Waals surface area contributed by atoms with Crippen LogP contribution in [0.1, 0.15) is 25.3 Å². The molecule has 1 aliphatic heterocycles. The summed E-state index contributed by atoms with van der Waals surface area (Å²) in [7, 11) is 0. The number of hydrogen-bond acceptors (Lipinski definition) is 2. The van der Waals surface area contributed by atoms with Gasteiger partial charge in [-0.3, -0.25) is 4.79 Å². The summed E-state index contributed by atoms with van der Waals surface area (Å²) in [6.07, 6.45) is 2.71. The number of rotatable bonds is 5. The molecule has 0 aromatic heterocycles. The SMILES string of the molecule is CC(=O)N1CCC(C[C@@H](N)Cc2ccc(-c3cc(Cl)ccc3F)cc2)C1. The Morgan fingerprint density at radius 1 is 1.31 bits per heavy atom. The smallest absolute Gasteiger partial charge is 0.219 e. The Labute approximate surface area is 158 Å². The monoisotopic (exact) mass is 374 g/mol. The van der Waals surface area contributed by atoms with Crippen molar-refractivity contribution in [3.8, 4) is 11.1 Å². The van der Waals surface area contributed by atoms with Crippen LogP contribution >= 0.6 is 11.6 Å². The van der Waals surface area contributed by atoms with E-state index in [-0.39, 0.29) is 17.8 Å². The van der Waals surface area contributed by atoms with Crippen LogP contribution in [0.3, 0.4) is 0 Å². The number of nitrogens with zero attached hydrogens (tertiary/aromatic N) is 1. The second kappa shape index (κ2) is 8.19. The molecule has 0 aliphatic carbocycles. The predicted octanol–water partition coefficient (Wildman–Crippen LogP) is 4.27. The van der Waals surface area contributed by atoms with Crippen molar-refractivity contribution in [2.45, 2.75) is 32.2 Å². The van der Waals surface area contributed by atoms with Crippen molar-refractivity contribution in [1.29, 1.82) is 0 Å². The second-order valence-electron chi connectivity index (χ2n) is 7.14. The fraction of sp³-hybridized carbons (Fsp3) is 0.381. The number of halogens is 2. The molecular formula is C21H24ClFN2O. The molecule has 1 saturated heterocycles. The first-order valence-electron chi connectivity index (χ1n) is 8.98. The van der Waals surface area contributed by atoms with Crippen molar-refractivity contribution in [3.05, 3.63) is 58.9 Å². The average Bonchev–Trinajstić information content (AvgIpc) is 3.06. The van der Waals surface area contributed by atoms with E-state index in [1.165, 1.54) is 6.07 Å². The lowest BCUT2D eigenvalue weighted by Crippen LogP contribution is -2.29. The number of likely N-dealkylation sites (tertiary alicyclic amines) is 1. The van der Waals surface area contributed by atoms with E-state index in [4.69, 9.17) is 17.3 Å². The first kappa shape index (κ1) is 18.9. The standard InChI is InChI=1S/C21H24ClFN2O/c1-14(26)25-9-8-16(13-25)11-19(24)10-15-2-4-17(5-3-15)20-12-18(22)6-7-21(20)23/h2-7,12,16,19H,8-11,13,24H2,1H3/t16?,19-/m0/s1. The number of amides is 1. The Balaban J connectivity index is 1.59. The van der Waals surface area contributed by atoms with Gasteiger partial charge in [-0.15, -0.1) is 0 Å². The van der Waals surface area contributed by atoms with Crippen LogP contribution in [0.25, 0.3) is 11.1 Å². The topological polar surface area (TPSA) is 46.3 Å². The molecule has 5 heteroatoms. The predicted molar refractivity (Wildman–Crippen MR) is 104 cm³/mol. The molecule has 138 valence electrons. The summed E-state index contributed by atoms with van der Waals surface area (Å²) in [5, 5.41) is 0.517. The Bertz CT molecular complexity index is 778. The van der Waals surface area contributed by atoms with Gasteiger partial charge in [0.05, 0.1) is 0 Å². The van der Waals surface area contributed by atoms with E-state index < -0.39 is 0 Å². The van der Waals surface area contributed by atoms with Gasteiger partial charge < -0.3 is 10.6 Å². The van der Waals surface area contributed by atoms with Crippen molar-refractivity contribution >= 4 is 17.5 Å². The summed E-state index contributed by atoms with van der Waals surface area (Å²) in [4.78, 5) is 13.3. The molecule has 3 nitrogen and oxygen atoms in total. The lowest BCUT2D eigenvalue weighted by Gasteiger charge is -2.18. The van der Waals surface area contributed by atoms with E-state index in [9.17, 15) is 9.18 Å². The van der Waals surface area contributed by atoms with E-state index in [0.717, 1.165) is 43.5 Å². The summed E-state index contributed by atoms with van der Waals surface area (Å²) in [6.45, 7) is 3.27. The van der Waals surface area contributed by atoms with E-state index >= 15 is 0 Å². The van der Waals surface area contributed by atoms with Crippen molar-refractivity contribution in [2.75, 3.05) is 13.1 Å². The van der Waals surface area contributed by atoms with Gasteiger partial charge in [0.25, 0.3) is 0 Å². The fourth-order valence-corrected chi connectivity index (χ4v) is 3.84. The third-order valence-corrected chi connectivity index (χ3v) is 5.29. The first-order valence-corrected chi connectivity index (χ1v) is 9.35. The van der Waals surface area contributed by atoms with Gasteiger partial charge in [0, 0.05) is 36.6 Å². The van der Waals surface area contributed by atoms with Gasteiger partial charge >= 0.3 is 0 Å². The van der Waals surface area contributed by atoms with Gasteiger partial charge in [-0.2, -0.15) is 0 Å². The number of nitrogens with two attached hydrogens (primary N) is 1. The molecule has 1 fully saturated rings. The molecule has 26 heavy (non-hydrogen) atoms. The minimum absolute atomic E-state index is 0.0562. The minimum atomic E-state index is -0.282. The van der Waals surface area contributed by atoms with Gasteiger partial charge in [0.1, 0.15) is 5.82 Å². The fourth-order valence-electron chi connectivity index (χ4n) is 3.66. The zero-order chi connectivity index (χ0) is 18.7. The number of hydrogen-bond donors (Lipinski definition) is 1. The lowest BCUT2D eigenvalue weighted by molar-refractivity contribution is -0.127. The molecule has 1 heterocycles. The Hall–Kier alpha value is -1.91. The van der Waals surface area contributed by atoms with Crippen molar-refractivity contribution in [2.24, 2.45) is 11.7 Å². The lowest BCUT2D eigenvalue weighted by atomic mass is 9.94. The first-order chi connectivity index (χ1) is 12.4. The van der Waals surface area contributed by atoms with Crippen LogP contribution in [0.15, 0.2) is 42.5 Å². The van der Waals surface area contributed by atoms with E-state index in [2.05, 4.69) is 0 Å². The molecule has 1 aliphatic rings. The highest BCUT2D eigenvalue weighted by Crippen LogP contribution is 2.27. The summed E-state index contributed by atoms with van der Waals surface area (Å²) in [5.41, 5.74) is 8.75. The minimum Gasteiger partial charge on any atom is -0.343 e. The number of carbonyl (C=O) groups is 1. The van der Waals surface area contributed by atoms with E-state index in [1.807, 2.05) is 29.2 Å². The highest BCUT2D eigenvalue weighted by atomic mass is 35.5. The highest BCUT2D eigenvalue weighted by Gasteiger charge is 2.25. The van der Waals surface area contributed by atoms with Crippen LogP contribution < -0.4 is 5.73 Å². The second-order valence-corrected chi connectivity index (χ2v) is 7.58. The van der Waals surface area contributed by atoms with Crippen molar-refractivity contribution in [3.63, 3.8) is 0 Å².